The van der Waals surface area contributed by atoms with Gasteiger partial charge in [0.15, 0.2) is 11.5 Å². The van der Waals surface area contributed by atoms with E-state index in [9.17, 15) is 15.0 Å². The van der Waals surface area contributed by atoms with E-state index < -0.39 is 17.1 Å². The van der Waals surface area contributed by atoms with Crippen LogP contribution in [0.5, 0.6) is 11.5 Å². The summed E-state index contributed by atoms with van der Waals surface area (Å²) in [7, 11) is 0. The molecule has 1 spiro atoms. The van der Waals surface area contributed by atoms with Crippen molar-refractivity contribution in [2.75, 3.05) is 13.1 Å². The maximum Gasteiger partial charge on any atom is 0.247 e. The zero-order valence-electron chi connectivity index (χ0n) is 21.0. The maximum atomic E-state index is 13.7. The van der Waals surface area contributed by atoms with Gasteiger partial charge in [-0.2, -0.15) is 0 Å². The SMILES string of the molecule is CC(C)NC(=O)C1=C(c2ccccc2)[C@@H]2Oc3c(O)ccc4c3[C@@]23CCN(CC2CC2)[C@H](C4)[C@]3(O)C1. The fourth-order valence-corrected chi connectivity index (χ4v) is 7.69. The number of carbonyl (C=O) groups is 1. The first-order valence-corrected chi connectivity index (χ1v) is 13.4. The lowest BCUT2D eigenvalue weighted by molar-refractivity contribution is -0.163. The smallest absolute Gasteiger partial charge is 0.247 e. The summed E-state index contributed by atoms with van der Waals surface area (Å²) in [5.74, 6) is 1.16. The molecule has 188 valence electrons. The second-order valence-corrected chi connectivity index (χ2v) is 11.8. The van der Waals surface area contributed by atoms with E-state index in [2.05, 4.69) is 10.2 Å². The minimum absolute atomic E-state index is 0.0258. The summed E-state index contributed by atoms with van der Waals surface area (Å²) in [5.41, 5.74) is 2.63. The number of aromatic hydroxyl groups is 1. The Bertz CT molecular complexity index is 1280. The van der Waals surface area contributed by atoms with E-state index in [1.807, 2.05) is 50.2 Å². The molecule has 3 aliphatic carbocycles. The normalized spacial score (nSPS) is 32.3. The van der Waals surface area contributed by atoms with Crippen molar-refractivity contribution in [3.63, 3.8) is 0 Å². The standard InChI is InChI=1S/C30H34N2O4/c1-17(2)31-28(34)21-15-30(35)23-14-20-10-11-22(33)26-25(20)29(30,12-13-32(23)16-18-8-9-18)27(36-26)24(21)19-6-4-3-5-7-19/h3-7,10-11,17-18,23,27,33,35H,8-9,12-16H2,1-2H3,(H,31,34)/t23-,27+,29+,30-/m1/s1. The maximum absolute atomic E-state index is 13.7. The van der Waals surface area contributed by atoms with E-state index in [0.29, 0.717) is 23.7 Å². The number of nitrogens with zero attached hydrogens (tertiary/aromatic N) is 1. The monoisotopic (exact) mass is 486 g/mol. The fourth-order valence-electron chi connectivity index (χ4n) is 7.69. The van der Waals surface area contributed by atoms with Gasteiger partial charge >= 0.3 is 0 Å². The fraction of sp³-hybridized carbons (Fsp3) is 0.500. The molecule has 0 radical (unpaired) electrons. The van der Waals surface area contributed by atoms with Gasteiger partial charge in [0.2, 0.25) is 5.91 Å². The van der Waals surface area contributed by atoms with Crippen molar-refractivity contribution in [2.24, 2.45) is 5.92 Å². The van der Waals surface area contributed by atoms with Gasteiger partial charge in [0.05, 0.1) is 11.0 Å². The number of phenolic OH excluding ortho intramolecular Hbond substituents is 1. The number of hydrogen-bond donors (Lipinski definition) is 3. The Balaban J connectivity index is 1.48. The Labute approximate surface area is 212 Å². The van der Waals surface area contributed by atoms with Crippen molar-refractivity contribution in [1.82, 2.24) is 10.2 Å². The van der Waals surface area contributed by atoms with Gasteiger partial charge in [0, 0.05) is 41.8 Å². The van der Waals surface area contributed by atoms with Crippen LogP contribution in [0, 0.1) is 5.92 Å². The molecule has 1 saturated carbocycles. The van der Waals surface area contributed by atoms with Gasteiger partial charge in [0.25, 0.3) is 0 Å². The van der Waals surface area contributed by atoms with Crippen molar-refractivity contribution in [1.29, 1.82) is 0 Å². The molecule has 2 aliphatic heterocycles. The molecule has 1 amide bonds. The number of benzene rings is 2. The third-order valence-electron chi connectivity index (χ3n) is 9.33. The predicted molar refractivity (Wildman–Crippen MR) is 137 cm³/mol. The van der Waals surface area contributed by atoms with Crippen LogP contribution < -0.4 is 10.1 Å². The summed E-state index contributed by atoms with van der Waals surface area (Å²) < 4.78 is 6.69. The van der Waals surface area contributed by atoms with E-state index in [4.69, 9.17) is 4.74 Å². The van der Waals surface area contributed by atoms with E-state index in [1.165, 1.54) is 12.8 Å². The molecule has 36 heavy (non-hydrogen) atoms. The number of phenols is 1. The zero-order valence-corrected chi connectivity index (χ0v) is 21.0. The van der Waals surface area contributed by atoms with Gasteiger partial charge in [-0.15, -0.1) is 0 Å². The number of hydrogen-bond acceptors (Lipinski definition) is 5. The van der Waals surface area contributed by atoms with Crippen LogP contribution >= 0.6 is 0 Å². The first-order chi connectivity index (χ1) is 17.3. The van der Waals surface area contributed by atoms with Crippen LogP contribution in [0.25, 0.3) is 5.57 Å². The van der Waals surface area contributed by atoms with Crippen LogP contribution in [0.1, 0.15) is 56.2 Å². The lowest BCUT2D eigenvalue weighted by atomic mass is 9.48. The van der Waals surface area contributed by atoms with Crippen LogP contribution in [0.3, 0.4) is 0 Å². The molecule has 6 nitrogen and oxygen atoms in total. The average Bonchev–Trinajstić information content (AvgIpc) is 3.59. The van der Waals surface area contributed by atoms with Crippen molar-refractivity contribution in [3.05, 3.63) is 64.7 Å². The summed E-state index contributed by atoms with van der Waals surface area (Å²) in [6.07, 6.45) is 3.68. The highest BCUT2D eigenvalue weighted by Crippen LogP contribution is 2.67. The molecule has 2 bridgehead atoms. The molecular weight excluding hydrogens is 452 g/mol. The summed E-state index contributed by atoms with van der Waals surface area (Å²) in [4.78, 5) is 16.2. The highest BCUT2D eigenvalue weighted by molar-refractivity contribution is 6.04. The molecule has 6 heteroatoms. The third-order valence-corrected chi connectivity index (χ3v) is 9.33. The van der Waals surface area contributed by atoms with E-state index in [-0.39, 0.29) is 30.2 Å². The molecule has 7 rings (SSSR count). The molecule has 0 unspecified atom stereocenters. The Morgan fingerprint density at radius 2 is 1.97 bits per heavy atom. The van der Waals surface area contributed by atoms with Crippen LogP contribution in [-0.4, -0.2) is 57.9 Å². The molecule has 3 N–H and O–H groups in total. The predicted octanol–water partition coefficient (Wildman–Crippen LogP) is 3.54. The highest BCUT2D eigenvalue weighted by Gasteiger charge is 2.73. The van der Waals surface area contributed by atoms with Gasteiger partial charge in [-0.3, -0.25) is 9.69 Å². The number of nitrogens with one attached hydrogen (secondary N) is 1. The largest absolute Gasteiger partial charge is 0.504 e. The molecule has 2 fully saturated rings. The Morgan fingerprint density at radius 3 is 2.69 bits per heavy atom. The first kappa shape index (κ1) is 22.4. The topological polar surface area (TPSA) is 82.0 Å². The van der Waals surface area contributed by atoms with Crippen LogP contribution in [0.4, 0.5) is 0 Å². The zero-order chi connectivity index (χ0) is 24.8. The van der Waals surface area contributed by atoms with Gasteiger partial charge in [-0.25, -0.2) is 0 Å². The number of likely N-dealkylation sites (tertiary alicyclic amines) is 1. The molecular formula is C30H34N2O4. The summed E-state index contributed by atoms with van der Waals surface area (Å²) >= 11 is 0. The van der Waals surface area contributed by atoms with Gasteiger partial charge < -0.3 is 20.3 Å². The second-order valence-electron chi connectivity index (χ2n) is 11.8. The second kappa shape index (κ2) is 7.59. The number of aliphatic hydroxyl groups is 1. The quantitative estimate of drug-likeness (QED) is 0.602. The van der Waals surface area contributed by atoms with Gasteiger partial charge in [0.1, 0.15) is 6.10 Å². The molecule has 5 aliphatic rings. The molecule has 4 atom stereocenters. The van der Waals surface area contributed by atoms with Crippen molar-refractivity contribution in [2.45, 2.75) is 75.2 Å². The Hall–Kier alpha value is -2.83. The third kappa shape index (κ3) is 2.88. The minimum Gasteiger partial charge on any atom is -0.504 e. The van der Waals surface area contributed by atoms with Gasteiger partial charge in [-0.1, -0.05) is 36.4 Å². The summed E-state index contributed by atoms with van der Waals surface area (Å²) in [6.45, 7) is 5.79. The highest BCUT2D eigenvalue weighted by atomic mass is 16.5. The average molecular weight is 487 g/mol. The van der Waals surface area contributed by atoms with Crippen LogP contribution in [0.15, 0.2) is 48.0 Å². The Kier molecular flexibility index (Phi) is 4.72. The van der Waals surface area contributed by atoms with E-state index in [0.717, 1.165) is 41.8 Å². The van der Waals surface area contributed by atoms with Crippen molar-refractivity contribution < 1.29 is 19.7 Å². The molecule has 2 aromatic rings. The van der Waals surface area contributed by atoms with E-state index in [1.54, 1.807) is 6.07 Å². The number of rotatable bonds is 5. The number of amides is 1. The van der Waals surface area contributed by atoms with Gasteiger partial charge in [-0.05, 0) is 69.2 Å². The van der Waals surface area contributed by atoms with Crippen molar-refractivity contribution >= 4 is 11.5 Å². The lowest BCUT2D eigenvalue weighted by Crippen LogP contribution is -2.75. The van der Waals surface area contributed by atoms with Crippen LogP contribution in [0.2, 0.25) is 0 Å². The minimum atomic E-state index is -1.17. The lowest BCUT2D eigenvalue weighted by Gasteiger charge is -2.63. The number of piperidine rings is 1. The van der Waals surface area contributed by atoms with Crippen molar-refractivity contribution in [3.8, 4) is 11.5 Å². The first-order valence-electron chi connectivity index (χ1n) is 13.4. The molecule has 1 saturated heterocycles. The number of ether oxygens (including phenoxy) is 1. The van der Waals surface area contributed by atoms with E-state index >= 15 is 0 Å². The number of carbonyl (C=O) groups excluding carboxylic acids is 1. The summed E-state index contributed by atoms with van der Waals surface area (Å²) in [6, 6.07) is 13.6. The Morgan fingerprint density at radius 1 is 1.19 bits per heavy atom. The molecule has 2 aromatic carbocycles. The molecule has 0 aromatic heterocycles. The summed E-state index contributed by atoms with van der Waals surface area (Å²) in [5, 5.41) is 26.9. The van der Waals surface area contributed by atoms with Crippen LogP contribution in [-0.2, 0) is 16.6 Å². The molecule has 2 heterocycles.